The first-order valence-electron chi connectivity index (χ1n) is 2.08. The van der Waals surface area contributed by atoms with Gasteiger partial charge >= 0.3 is 0 Å². The minimum atomic E-state index is -3.48. The zero-order chi connectivity index (χ0) is 6.91. The number of sulfonamides is 1. The topological polar surface area (TPSA) is 60.2 Å². The van der Waals surface area contributed by atoms with Gasteiger partial charge in [0.1, 0.15) is 0 Å². The summed E-state index contributed by atoms with van der Waals surface area (Å²) in [6, 6.07) is 1.35. The van der Waals surface area contributed by atoms with Crippen LogP contribution in [0.15, 0.2) is 16.3 Å². The molecule has 1 rings (SSSR count). The average Bonchev–Trinajstić information content (AvgIpc) is 2.08. The Morgan fingerprint density at radius 3 is 2.56 bits per heavy atom. The van der Waals surface area contributed by atoms with Crippen LogP contribution in [0.3, 0.4) is 0 Å². The third-order valence-electron chi connectivity index (χ3n) is 0.773. The molecule has 5 heteroatoms. The van der Waals surface area contributed by atoms with Gasteiger partial charge in [-0.3, -0.25) is 0 Å². The molecule has 0 bridgehead atoms. The van der Waals surface area contributed by atoms with Crippen LogP contribution in [0.4, 0.5) is 0 Å². The van der Waals surface area contributed by atoms with Crippen LogP contribution < -0.4 is 5.14 Å². The van der Waals surface area contributed by atoms with Gasteiger partial charge in [-0.05, 0) is 6.07 Å². The first-order chi connectivity index (χ1) is 4.11. The molecule has 2 N–H and O–H groups in total. The number of hydrogen-bond donors (Lipinski definition) is 1. The summed E-state index contributed by atoms with van der Waals surface area (Å²) in [5.74, 6) is 0. The van der Waals surface area contributed by atoms with E-state index in [1.807, 2.05) is 0 Å². The van der Waals surface area contributed by atoms with E-state index in [0.29, 0.717) is 0 Å². The van der Waals surface area contributed by atoms with Crippen LogP contribution in [0.2, 0.25) is 0 Å². The van der Waals surface area contributed by atoms with Crippen molar-refractivity contribution in [2.75, 3.05) is 0 Å². The molecule has 49 valence electrons. The Hall–Kier alpha value is -0.390. The van der Waals surface area contributed by atoms with E-state index in [1.54, 1.807) is 0 Å². The zero-order valence-electron chi connectivity index (χ0n) is 4.37. The van der Waals surface area contributed by atoms with Crippen LogP contribution in [0.1, 0.15) is 0 Å². The van der Waals surface area contributed by atoms with Crippen LogP contribution in [0, 0.1) is 5.38 Å². The number of primary sulfonamides is 1. The molecule has 3 nitrogen and oxygen atoms in total. The summed E-state index contributed by atoms with van der Waals surface area (Å²) in [6.45, 7) is 0. The molecular formula is C4H4NO2S2. The molecule has 1 radical (unpaired) electrons. The zero-order valence-corrected chi connectivity index (χ0v) is 6.00. The van der Waals surface area contributed by atoms with Gasteiger partial charge in [0, 0.05) is 10.8 Å². The third-order valence-corrected chi connectivity index (χ3v) is 2.44. The molecule has 0 aliphatic carbocycles. The van der Waals surface area contributed by atoms with Crippen LogP contribution in [0.25, 0.3) is 0 Å². The molecule has 0 unspecified atom stereocenters. The molecule has 0 spiro atoms. The highest BCUT2D eigenvalue weighted by atomic mass is 32.2. The Labute approximate surface area is 57.2 Å². The third kappa shape index (κ3) is 1.51. The minimum Gasteiger partial charge on any atom is -0.225 e. The number of rotatable bonds is 1. The Kier molecular flexibility index (Phi) is 1.56. The molecule has 1 heterocycles. The summed E-state index contributed by atoms with van der Waals surface area (Å²) in [4.78, 5) is 0.132. The first-order valence-corrected chi connectivity index (χ1v) is 4.50. The van der Waals surface area contributed by atoms with Gasteiger partial charge in [-0.2, -0.15) is 0 Å². The lowest BCUT2D eigenvalue weighted by Gasteiger charge is -1.86. The second-order valence-corrected chi connectivity index (χ2v) is 3.71. The van der Waals surface area contributed by atoms with Gasteiger partial charge in [-0.1, -0.05) is 0 Å². The number of thiophene rings is 1. The monoisotopic (exact) mass is 162 g/mol. The standard InChI is InChI=1S/C4H4NO2S2/c5-9(6,7)4-1-2-8-3-4/h1,3H,(H2,5,6,7). The van der Waals surface area contributed by atoms with E-state index in [0.717, 1.165) is 0 Å². The fourth-order valence-electron chi connectivity index (χ4n) is 0.367. The van der Waals surface area contributed by atoms with Gasteiger partial charge in [0.25, 0.3) is 0 Å². The first kappa shape index (κ1) is 6.73. The number of nitrogens with two attached hydrogens (primary N) is 1. The van der Waals surface area contributed by atoms with Crippen LogP contribution in [-0.2, 0) is 10.0 Å². The van der Waals surface area contributed by atoms with Crippen molar-refractivity contribution >= 4 is 21.4 Å². The van der Waals surface area contributed by atoms with Gasteiger partial charge in [0.05, 0.1) is 4.90 Å². The van der Waals surface area contributed by atoms with Gasteiger partial charge in [-0.15, -0.1) is 11.3 Å². The fraction of sp³-hybridized carbons (Fsp3) is 0. The summed E-state index contributed by atoms with van der Waals surface area (Å²) in [5, 5.41) is 8.82. The van der Waals surface area contributed by atoms with Crippen molar-refractivity contribution in [1.29, 1.82) is 0 Å². The largest absolute Gasteiger partial charge is 0.238 e. The van der Waals surface area contributed by atoms with Crippen molar-refractivity contribution in [1.82, 2.24) is 0 Å². The van der Waals surface area contributed by atoms with Crippen molar-refractivity contribution in [3.63, 3.8) is 0 Å². The van der Waals surface area contributed by atoms with E-state index in [4.69, 9.17) is 5.14 Å². The van der Waals surface area contributed by atoms with E-state index in [9.17, 15) is 8.42 Å². The lowest BCUT2D eigenvalue weighted by molar-refractivity contribution is 0.598. The summed E-state index contributed by atoms with van der Waals surface area (Å²) in [6.07, 6.45) is 0. The van der Waals surface area contributed by atoms with Crippen LogP contribution in [0.5, 0.6) is 0 Å². The van der Waals surface area contributed by atoms with Gasteiger partial charge in [-0.25, -0.2) is 13.6 Å². The van der Waals surface area contributed by atoms with E-state index in [1.165, 1.54) is 22.8 Å². The van der Waals surface area contributed by atoms with E-state index < -0.39 is 10.0 Å². The Morgan fingerprint density at radius 1 is 1.67 bits per heavy atom. The van der Waals surface area contributed by atoms with Gasteiger partial charge in [0.2, 0.25) is 10.0 Å². The van der Waals surface area contributed by atoms with Crippen molar-refractivity contribution in [2.45, 2.75) is 4.90 Å². The predicted octanol–water partition coefficient (Wildman–Crippen LogP) is 0.196. The molecule has 0 aromatic carbocycles. The summed E-state index contributed by atoms with van der Waals surface area (Å²) in [7, 11) is -3.48. The van der Waals surface area contributed by atoms with E-state index in [2.05, 4.69) is 5.38 Å². The normalized spacial score (nSPS) is 11.7. The molecule has 9 heavy (non-hydrogen) atoms. The Bertz CT molecular complexity index is 274. The molecule has 1 aromatic heterocycles. The lowest BCUT2D eigenvalue weighted by Crippen LogP contribution is -2.10. The van der Waals surface area contributed by atoms with Gasteiger partial charge < -0.3 is 0 Å². The van der Waals surface area contributed by atoms with Crippen LogP contribution in [-0.4, -0.2) is 8.42 Å². The molecule has 0 fully saturated rings. The Morgan fingerprint density at radius 2 is 2.33 bits per heavy atom. The smallest absolute Gasteiger partial charge is 0.225 e. The van der Waals surface area contributed by atoms with Gasteiger partial charge in [0.15, 0.2) is 0 Å². The molecule has 0 atom stereocenters. The maximum Gasteiger partial charge on any atom is 0.238 e. The summed E-state index contributed by atoms with van der Waals surface area (Å²) >= 11 is 1.18. The molecular weight excluding hydrogens is 158 g/mol. The fourth-order valence-corrected chi connectivity index (χ4v) is 1.79. The SMILES string of the molecule is NS(=O)(=O)c1c[c]sc1. The van der Waals surface area contributed by atoms with Crippen molar-refractivity contribution < 1.29 is 8.42 Å². The van der Waals surface area contributed by atoms with Crippen molar-refractivity contribution in [3.8, 4) is 0 Å². The Balaban J connectivity index is 3.20. The maximum atomic E-state index is 10.5. The highest BCUT2D eigenvalue weighted by Crippen LogP contribution is 2.08. The quantitative estimate of drug-likeness (QED) is 0.641. The maximum absolute atomic E-state index is 10.5. The van der Waals surface area contributed by atoms with Crippen LogP contribution >= 0.6 is 11.3 Å². The second-order valence-electron chi connectivity index (χ2n) is 1.45. The molecule has 0 aliphatic heterocycles. The number of hydrogen-bond acceptors (Lipinski definition) is 3. The molecule has 1 aromatic rings. The van der Waals surface area contributed by atoms with E-state index in [-0.39, 0.29) is 4.90 Å². The second kappa shape index (κ2) is 2.09. The molecule has 0 saturated heterocycles. The molecule has 0 amide bonds. The van der Waals surface area contributed by atoms with Crippen molar-refractivity contribution in [2.24, 2.45) is 5.14 Å². The average molecular weight is 162 g/mol. The summed E-state index contributed by atoms with van der Waals surface area (Å²) in [5.41, 5.74) is 0. The minimum absolute atomic E-state index is 0.132. The van der Waals surface area contributed by atoms with Crippen molar-refractivity contribution in [3.05, 3.63) is 16.8 Å². The summed E-state index contributed by atoms with van der Waals surface area (Å²) < 4.78 is 20.9. The highest BCUT2D eigenvalue weighted by molar-refractivity contribution is 7.89. The molecule has 0 saturated carbocycles. The van der Waals surface area contributed by atoms with E-state index >= 15 is 0 Å². The lowest BCUT2D eigenvalue weighted by atomic mass is 10.7. The highest BCUT2D eigenvalue weighted by Gasteiger charge is 2.05. The molecule has 0 aliphatic rings. The predicted molar refractivity (Wildman–Crippen MR) is 34.5 cm³/mol.